The molecule has 0 amide bonds. The molecular formula is C12H14N2OS. The fourth-order valence-electron chi connectivity index (χ4n) is 2.25. The number of hydrogen-bond donors (Lipinski definition) is 1. The molecule has 0 radical (unpaired) electrons. The summed E-state index contributed by atoms with van der Waals surface area (Å²) in [6.45, 7) is 2.09. The fraction of sp³-hybridized carbons (Fsp3) is 0.417. The number of aliphatic hydroxyl groups is 1. The molecule has 0 bridgehead atoms. The molecule has 1 N–H and O–H groups in total. The Morgan fingerprint density at radius 1 is 1.50 bits per heavy atom. The number of aromatic nitrogens is 2. The van der Waals surface area contributed by atoms with Crippen molar-refractivity contribution in [3.63, 3.8) is 0 Å². The Kier molecular flexibility index (Phi) is 2.33. The molecular weight excluding hydrogens is 220 g/mol. The van der Waals surface area contributed by atoms with Gasteiger partial charge in [0.05, 0.1) is 4.88 Å². The van der Waals surface area contributed by atoms with Gasteiger partial charge in [0.25, 0.3) is 0 Å². The predicted molar refractivity (Wildman–Crippen MR) is 64.5 cm³/mol. The first-order valence-electron chi connectivity index (χ1n) is 5.56. The third-order valence-corrected chi connectivity index (χ3v) is 4.02. The SMILES string of the molecule is Cc1ccc(-c2ncc3n2C(O)CCC3)s1. The van der Waals surface area contributed by atoms with Crippen LogP contribution in [0.5, 0.6) is 0 Å². The summed E-state index contributed by atoms with van der Waals surface area (Å²) in [7, 11) is 0. The number of nitrogens with zero attached hydrogens (tertiary/aromatic N) is 2. The van der Waals surface area contributed by atoms with Crippen LogP contribution >= 0.6 is 11.3 Å². The van der Waals surface area contributed by atoms with Gasteiger partial charge < -0.3 is 9.67 Å². The van der Waals surface area contributed by atoms with E-state index < -0.39 is 6.23 Å². The first-order valence-corrected chi connectivity index (χ1v) is 6.38. The van der Waals surface area contributed by atoms with Gasteiger partial charge in [0.2, 0.25) is 0 Å². The van der Waals surface area contributed by atoms with Gasteiger partial charge in [-0.05, 0) is 38.3 Å². The number of aryl methyl sites for hydroxylation is 2. The molecule has 0 saturated carbocycles. The molecule has 0 spiro atoms. The Balaban J connectivity index is 2.12. The number of rotatable bonds is 1. The Morgan fingerprint density at radius 3 is 3.12 bits per heavy atom. The highest BCUT2D eigenvalue weighted by Gasteiger charge is 2.22. The van der Waals surface area contributed by atoms with Crippen LogP contribution in [0.4, 0.5) is 0 Å². The van der Waals surface area contributed by atoms with Gasteiger partial charge >= 0.3 is 0 Å². The number of thiophene rings is 1. The van der Waals surface area contributed by atoms with Gasteiger partial charge in [0.15, 0.2) is 5.82 Å². The van der Waals surface area contributed by atoms with Gasteiger partial charge in [0, 0.05) is 16.8 Å². The summed E-state index contributed by atoms with van der Waals surface area (Å²) >= 11 is 1.73. The highest BCUT2D eigenvalue weighted by Crippen LogP contribution is 2.33. The summed E-state index contributed by atoms with van der Waals surface area (Å²) in [6, 6.07) is 4.17. The number of imidazole rings is 1. The second-order valence-corrected chi connectivity index (χ2v) is 5.51. The van der Waals surface area contributed by atoms with E-state index in [1.54, 1.807) is 11.3 Å². The molecule has 2 aromatic heterocycles. The molecule has 3 heterocycles. The van der Waals surface area contributed by atoms with Crippen LogP contribution in [-0.2, 0) is 6.42 Å². The standard InChI is InChI=1S/C12H14N2OS/c1-8-5-6-10(16-8)12-13-7-9-3-2-4-11(15)14(9)12/h5-7,11,15H,2-4H2,1H3. The summed E-state index contributed by atoms with van der Waals surface area (Å²) in [4.78, 5) is 6.86. The van der Waals surface area contributed by atoms with Gasteiger partial charge in [0.1, 0.15) is 6.23 Å². The molecule has 0 aliphatic carbocycles. The lowest BCUT2D eigenvalue weighted by molar-refractivity contribution is 0.0807. The average Bonchev–Trinajstić information content (AvgIpc) is 2.84. The number of fused-ring (bicyclic) bond motifs is 1. The van der Waals surface area contributed by atoms with Gasteiger partial charge in [-0.2, -0.15) is 0 Å². The van der Waals surface area contributed by atoms with Gasteiger partial charge in [-0.15, -0.1) is 11.3 Å². The molecule has 3 nitrogen and oxygen atoms in total. The zero-order valence-electron chi connectivity index (χ0n) is 9.18. The van der Waals surface area contributed by atoms with Crippen LogP contribution in [0.1, 0.15) is 29.6 Å². The van der Waals surface area contributed by atoms with E-state index in [1.807, 2.05) is 10.8 Å². The lowest BCUT2D eigenvalue weighted by Gasteiger charge is -2.22. The minimum Gasteiger partial charge on any atom is -0.373 e. The zero-order valence-corrected chi connectivity index (χ0v) is 10.00. The maximum atomic E-state index is 10.0. The highest BCUT2D eigenvalue weighted by molar-refractivity contribution is 7.15. The third kappa shape index (κ3) is 1.49. The van der Waals surface area contributed by atoms with Crippen molar-refractivity contribution in [2.45, 2.75) is 32.4 Å². The summed E-state index contributed by atoms with van der Waals surface area (Å²) in [5, 5.41) is 10.0. The molecule has 16 heavy (non-hydrogen) atoms. The molecule has 3 rings (SSSR count). The van der Waals surface area contributed by atoms with Crippen molar-refractivity contribution < 1.29 is 5.11 Å². The smallest absolute Gasteiger partial charge is 0.152 e. The molecule has 4 heteroatoms. The summed E-state index contributed by atoms with van der Waals surface area (Å²) < 4.78 is 1.98. The predicted octanol–water partition coefficient (Wildman–Crippen LogP) is 2.75. The van der Waals surface area contributed by atoms with E-state index in [0.29, 0.717) is 0 Å². The van der Waals surface area contributed by atoms with Crippen molar-refractivity contribution in [3.8, 4) is 10.7 Å². The largest absolute Gasteiger partial charge is 0.373 e. The highest BCUT2D eigenvalue weighted by atomic mass is 32.1. The van der Waals surface area contributed by atoms with Crippen LogP contribution < -0.4 is 0 Å². The minimum absolute atomic E-state index is 0.399. The Labute approximate surface area is 98.4 Å². The van der Waals surface area contributed by atoms with E-state index in [-0.39, 0.29) is 0 Å². The molecule has 0 aromatic carbocycles. The Bertz CT molecular complexity index is 515. The van der Waals surface area contributed by atoms with Gasteiger partial charge in [-0.25, -0.2) is 4.98 Å². The van der Waals surface area contributed by atoms with Crippen LogP contribution in [0.2, 0.25) is 0 Å². The Morgan fingerprint density at radius 2 is 2.38 bits per heavy atom. The monoisotopic (exact) mass is 234 g/mol. The molecule has 0 fully saturated rings. The topological polar surface area (TPSA) is 38.0 Å². The Hall–Kier alpha value is -1.13. The van der Waals surface area contributed by atoms with E-state index in [9.17, 15) is 5.11 Å². The van der Waals surface area contributed by atoms with E-state index >= 15 is 0 Å². The summed E-state index contributed by atoms with van der Waals surface area (Å²) in [6.07, 6.45) is 4.40. The second kappa shape index (κ2) is 3.71. The van der Waals surface area contributed by atoms with Crippen LogP contribution in [0.15, 0.2) is 18.3 Å². The molecule has 1 atom stereocenters. The first-order chi connectivity index (χ1) is 7.75. The van der Waals surface area contributed by atoms with E-state index in [4.69, 9.17) is 0 Å². The normalized spacial score (nSPS) is 19.8. The quantitative estimate of drug-likeness (QED) is 0.824. The molecule has 1 aliphatic rings. The van der Waals surface area contributed by atoms with Crippen molar-refractivity contribution in [2.24, 2.45) is 0 Å². The average molecular weight is 234 g/mol. The minimum atomic E-state index is -0.399. The van der Waals surface area contributed by atoms with E-state index in [2.05, 4.69) is 24.0 Å². The molecule has 1 aliphatic heterocycles. The first kappa shape index (κ1) is 10.1. The van der Waals surface area contributed by atoms with Crippen molar-refractivity contribution in [3.05, 3.63) is 28.9 Å². The molecule has 84 valence electrons. The maximum Gasteiger partial charge on any atom is 0.152 e. The number of hydrogen-bond acceptors (Lipinski definition) is 3. The summed E-state index contributed by atoms with van der Waals surface area (Å²) in [5.41, 5.74) is 1.15. The van der Waals surface area contributed by atoms with Gasteiger partial charge in [-0.1, -0.05) is 0 Å². The second-order valence-electron chi connectivity index (χ2n) is 4.23. The lowest BCUT2D eigenvalue weighted by atomic mass is 10.1. The molecule has 1 unspecified atom stereocenters. The molecule has 0 saturated heterocycles. The number of aliphatic hydroxyl groups excluding tert-OH is 1. The van der Waals surface area contributed by atoms with E-state index in [1.165, 1.54) is 4.88 Å². The van der Waals surface area contributed by atoms with Crippen LogP contribution in [0.3, 0.4) is 0 Å². The fourth-order valence-corrected chi connectivity index (χ4v) is 3.11. The van der Waals surface area contributed by atoms with Crippen LogP contribution in [0, 0.1) is 6.92 Å². The molecule has 2 aromatic rings. The van der Waals surface area contributed by atoms with Crippen molar-refractivity contribution >= 4 is 11.3 Å². The van der Waals surface area contributed by atoms with Crippen LogP contribution in [-0.4, -0.2) is 14.7 Å². The zero-order chi connectivity index (χ0) is 11.1. The van der Waals surface area contributed by atoms with Crippen LogP contribution in [0.25, 0.3) is 10.7 Å². The van der Waals surface area contributed by atoms with E-state index in [0.717, 1.165) is 35.7 Å². The maximum absolute atomic E-state index is 10.0. The third-order valence-electron chi connectivity index (χ3n) is 3.03. The van der Waals surface area contributed by atoms with Crippen molar-refractivity contribution in [1.82, 2.24) is 9.55 Å². The summed E-state index contributed by atoms with van der Waals surface area (Å²) in [5.74, 6) is 0.917. The van der Waals surface area contributed by atoms with Crippen molar-refractivity contribution in [1.29, 1.82) is 0 Å². The van der Waals surface area contributed by atoms with Gasteiger partial charge in [-0.3, -0.25) is 0 Å². The van der Waals surface area contributed by atoms with Crippen molar-refractivity contribution in [2.75, 3.05) is 0 Å². The lowest BCUT2D eigenvalue weighted by Crippen LogP contribution is -2.17.